The van der Waals surface area contributed by atoms with Crippen LogP contribution in [0.3, 0.4) is 0 Å². The highest BCUT2D eigenvalue weighted by Gasteiger charge is 2.76. The Labute approximate surface area is 250 Å². The van der Waals surface area contributed by atoms with Crippen LogP contribution in [0, 0.1) is 0 Å². The Morgan fingerprint density at radius 1 is 0.951 bits per heavy atom. The van der Waals surface area contributed by atoms with Crippen LogP contribution in [0.4, 0.5) is 5.69 Å². The van der Waals surface area contributed by atoms with Crippen molar-refractivity contribution in [2.45, 2.75) is 33.1 Å². The molecule has 0 aliphatic carbocycles. The zero-order valence-corrected chi connectivity index (χ0v) is 24.8. The number of thioether (sulfide) groups is 2. The summed E-state index contributed by atoms with van der Waals surface area (Å²) in [5.41, 5.74) is 1.90. The summed E-state index contributed by atoms with van der Waals surface area (Å²) >= 11 is 8.07. The molecule has 0 saturated carbocycles. The summed E-state index contributed by atoms with van der Waals surface area (Å²) < 4.78 is 31.2. The number of para-hydroxylation sites is 2. The average Bonchev–Trinajstić information content (AvgIpc) is 3.58. The molecule has 5 aliphatic rings. The quantitative estimate of drug-likeness (QED) is 0.339. The Morgan fingerprint density at radius 2 is 1.66 bits per heavy atom. The molecule has 206 valence electrons. The second-order valence-corrected chi connectivity index (χ2v) is 16.0. The summed E-state index contributed by atoms with van der Waals surface area (Å²) in [5, 5.41) is 0.0342. The van der Waals surface area contributed by atoms with Gasteiger partial charge in [0.05, 0.1) is 16.0 Å². The van der Waals surface area contributed by atoms with Crippen LogP contribution in [-0.4, -0.2) is 62.0 Å². The minimum atomic E-state index is -4.18. The number of fused-ring (bicyclic) bond motifs is 7. The van der Waals surface area contributed by atoms with Gasteiger partial charge in [-0.05, 0) is 35.4 Å². The fourth-order valence-electron chi connectivity index (χ4n) is 7.13. The van der Waals surface area contributed by atoms with Crippen molar-refractivity contribution in [3.05, 3.63) is 96.2 Å². The van der Waals surface area contributed by atoms with Gasteiger partial charge in [-0.1, -0.05) is 90.3 Å². The van der Waals surface area contributed by atoms with E-state index in [2.05, 4.69) is 4.98 Å². The molecule has 4 saturated heterocycles. The Hall–Kier alpha value is -3.32. The van der Waals surface area contributed by atoms with Gasteiger partial charge in [-0.3, -0.25) is 14.5 Å². The van der Waals surface area contributed by atoms with E-state index < -0.39 is 31.8 Å². The zero-order valence-electron chi connectivity index (χ0n) is 21.6. The van der Waals surface area contributed by atoms with Crippen LogP contribution < -0.4 is 4.31 Å². The third-order valence-corrected chi connectivity index (χ3v) is 13.5. The minimum absolute atomic E-state index is 0.110. The highest BCUT2D eigenvalue weighted by atomic mass is 32.2. The van der Waals surface area contributed by atoms with Gasteiger partial charge in [0, 0.05) is 30.6 Å². The molecule has 3 aromatic carbocycles. The lowest BCUT2D eigenvalue weighted by Crippen LogP contribution is -2.69. The zero-order chi connectivity index (χ0) is 28.3. The Balaban J connectivity index is 1.50. The van der Waals surface area contributed by atoms with Gasteiger partial charge in [-0.15, -0.1) is 0 Å². The lowest BCUT2D eigenvalue weighted by molar-refractivity contribution is -0.157. The van der Waals surface area contributed by atoms with Crippen LogP contribution in [0.15, 0.2) is 90.0 Å². The molecule has 1 N–H and O–H groups in total. The molecule has 5 aliphatic heterocycles. The second-order valence-electron chi connectivity index (χ2n) is 10.6. The summed E-state index contributed by atoms with van der Waals surface area (Å²) in [5.74, 6) is -0.570. The maximum Gasteiger partial charge on any atom is 0.266 e. The minimum Gasteiger partial charge on any atom is -0.361 e. The first-order chi connectivity index (χ1) is 19.7. The fourth-order valence-corrected chi connectivity index (χ4v) is 12.1. The van der Waals surface area contributed by atoms with E-state index in [-0.39, 0.29) is 23.1 Å². The third kappa shape index (κ3) is 3.03. The predicted octanol–water partition coefficient (Wildman–Crippen LogP) is 4.48. The number of aromatic nitrogens is 1. The number of aromatic amines is 1. The summed E-state index contributed by atoms with van der Waals surface area (Å²) in [6.45, 7) is 0. The number of nitrogens with one attached hydrogen (secondary N) is 1. The number of piperazine rings is 1. The van der Waals surface area contributed by atoms with Gasteiger partial charge in [0.25, 0.3) is 21.8 Å². The lowest BCUT2D eigenvalue weighted by Gasteiger charge is -2.47. The first-order valence-corrected chi connectivity index (χ1v) is 16.5. The number of amides is 2. The van der Waals surface area contributed by atoms with Gasteiger partial charge < -0.3 is 9.88 Å². The molecule has 1 spiro atoms. The monoisotopic (exact) mass is 618 g/mol. The van der Waals surface area contributed by atoms with Crippen molar-refractivity contribution >= 4 is 77.7 Å². The molecular weight excluding hydrogens is 597 g/mol. The normalized spacial score (nSPS) is 28.7. The molecule has 2 amide bonds. The van der Waals surface area contributed by atoms with E-state index in [9.17, 15) is 18.0 Å². The molecule has 1 aromatic heterocycles. The summed E-state index contributed by atoms with van der Waals surface area (Å²) in [6.07, 6.45) is 1.03. The van der Waals surface area contributed by atoms with E-state index in [1.54, 1.807) is 54.4 Å². The van der Waals surface area contributed by atoms with Gasteiger partial charge in [0.2, 0.25) is 0 Å². The molecule has 2 unspecified atom stereocenters. The number of anilines is 1. The maximum atomic E-state index is 14.6. The topological polar surface area (TPSA) is 93.8 Å². The molecule has 4 fully saturated rings. The van der Waals surface area contributed by atoms with Crippen molar-refractivity contribution in [2.24, 2.45) is 0 Å². The number of carbonyl (C=O) groups excluding carboxylic acids is 2. The molecule has 9 rings (SSSR count). The molecule has 6 heterocycles. The number of H-pyrrole nitrogens is 1. The molecule has 4 atom stereocenters. The number of rotatable bonds is 3. The van der Waals surface area contributed by atoms with Crippen LogP contribution >= 0.6 is 35.7 Å². The highest BCUT2D eigenvalue weighted by Crippen LogP contribution is 2.67. The highest BCUT2D eigenvalue weighted by molar-refractivity contribution is 8.48. The summed E-state index contributed by atoms with van der Waals surface area (Å²) in [7, 11) is -2.55. The van der Waals surface area contributed by atoms with Crippen molar-refractivity contribution in [3.63, 3.8) is 0 Å². The molecule has 12 heteroatoms. The number of hydrogen-bond acceptors (Lipinski definition) is 7. The number of hydrogen-bond donors (Lipinski definition) is 1. The fraction of sp³-hybridized carbons (Fsp3) is 0.207. The van der Waals surface area contributed by atoms with E-state index in [1.807, 2.05) is 42.6 Å². The molecule has 0 radical (unpaired) electrons. The van der Waals surface area contributed by atoms with Crippen molar-refractivity contribution in [2.75, 3.05) is 11.4 Å². The summed E-state index contributed by atoms with van der Waals surface area (Å²) in [6, 6.07) is 23.5. The van der Waals surface area contributed by atoms with Crippen LogP contribution in [0.1, 0.15) is 17.5 Å². The van der Waals surface area contributed by atoms with Crippen LogP contribution in [0.5, 0.6) is 0 Å². The lowest BCUT2D eigenvalue weighted by atomic mass is 9.72. The van der Waals surface area contributed by atoms with E-state index in [1.165, 1.54) is 32.7 Å². The van der Waals surface area contributed by atoms with Crippen LogP contribution in [0.2, 0.25) is 0 Å². The number of thiocarbonyl (C=S) groups is 1. The molecule has 2 bridgehead atoms. The SMILES string of the molecule is CN1C(=O)C23CC4(c5c[nH]c6ccccc56)c5ccccc5N(S(=O)(=O)c5ccccc5)[C@@H]4N2C(=O)[C@H]1SC(=S)S3. The van der Waals surface area contributed by atoms with E-state index in [0.29, 0.717) is 9.22 Å². The smallest absolute Gasteiger partial charge is 0.266 e. The predicted molar refractivity (Wildman–Crippen MR) is 164 cm³/mol. The third-order valence-electron chi connectivity index (χ3n) is 8.72. The van der Waals surface area contributed by atoms with Crippen molar-refractivity contribution in [3.8, 4) is 0 Å². The van der Waals surface area contributed by atoms with Crippen LogP contribution in [-0.2, 0) is 25.0 Å². The van der Waals surface area contributed by atoms with Crippen molar-refractivity contribution < 1.29 is 18.0 Å². The number of benzene rings is 3. The van der Waals surface area contributed by atoms with E-state index in [4.69, 9.17) is 12.2 Å². The second kappa shape index (κ2) is 8.37. The Bertz CT molecular complexity index is 1930. The number of nitrogens with zero attached hydrogens (tertiary/aromatic N) is 3. The number of likely N-dealkylation sites (N-methyl/N-ethyl adjacent to an activating group) is 1. The molecule has 8 nitrogen and oxygen atoms in total. The van der Waals surface area contributed by atoms with Gasteiger partial charge in [-0.25, -0.2) is 12.7 Å². The maximum absolute atomic E-state index is 14.6. The number of carbonyl (C=O) groups is 2. The van der Waals surface area contributed by atoms with E-state index in [0.717, 1.165) is 22.0 Å². The van der Waals surface area contributed by atoms with Gasteiger partial charge in [0.1, 0.15) is 9.69 Å². The molecule has 4 aromatic rings. The van der Waals surface area contributed by atoms with Gasteiger partial charge in [-0.2, -0.15) is 0 Å². The Morgan fingerprint density at radius 3 is 2.46 bits per heavy atom. The summed E-state index contributed by atoms with van der Waals surface area (Å²) in [4.78, 5) is 33.9. The van der Waals surface area contributed by atoms with Crippen molar-refractivity contribution in [1.29, 1.82) is 0 Å². The first kappa shape index (κ1) is 25.4. The largest absolute Gasteiger partial charge is 0.361 e. The standard InChI is InChI=1S/C29H22N4O4S4/c1-31-24-23(34)32-25-28(16-29(32,26(31)35)40-27(38)39-24,20-15-30-21-13-7-5-11-18(20)21)19-12-6-8-14-22(19)33(25)41(36,37)17-9-3-2-4-10-17/h2-15,24-25,30H,16H2,1H3/t24-,25+,28?,29?/m1/s1. The van der Waals surface area contributed by atoms with Crippen LogP contribution in [0.25, 0.3) is 10.9 Å². The Kier molecular flexibility index (Phi) is 5.19. The van der Waals surface area contributed by atoms with Crippen molar-refractivity contribution in [1.82, 2.24) is 14.8 Å². The van der Waals surface area contributed by atoms with E-state index >= 15 is 0 Å². The molecule has 41 heavy (non-hydrogen) atoms. The van der Waals surface area contributed by atoms with Gasteiger partial charge >= 0.3 is 0 Å². The average molecular weight is 619 g/mol. The first-order valence-electron chi connectivity index (χ1n) is 13.0. The number of sulfonamides is 1. The van der Waals surface area contributed by atoms with Gasteiger partial charge in [0.15, 0.2) is 10.2 Å². The molecular formula is C29H22N4O4S4.